The highest BCUT2D eigenvalue weighted by Gasteiger charge is 2.13. The third-order valence-corrected chi connectivity index (χ3v) is 3.96. The number of Topliss-reactive ketones (excluding diaryl/α,β-unsaturated/α-hetero) is 1. The van der Waals surface area contributed by atoms with Crippen molar-refractivity contribution in [1.29, 1.82) is 0 Å². The Bertz CT molecular complexity index is 661. The van der Waals surface area contributed by atoms with Gasteiger partial charge in [0.2, 0.25) is 0 Å². The SMILES string of the molecule is COc1ccc(C)cc1NC(=O)c1ccc(C(C)=O)s1. The van der Waals surface area contributed by atoms with Gasteiger partial charge in [-0.25, -0.2) is 0 Å². The molecular formula is C15H15NO3S. The first-order chi connectivity index (χ1) is 9.51. The summed E-state index contributed by atoms with van der Waals surface area (Å²) in [5, 5.41) is 2.81. The summed E-state index contributed by atoms with van der Waals surface area (Å²) >= 11 is 1.18. The lowest BCUT2D eigenvalue weighted by Gasteiger charge is -2.10. The molecule has 20 heavy (non-hydrogen) atoms. The summed E-state index contributed by atoms with van der Waals surface area (Å²) in [6.45, 7) is 3.42. The second-order valence-corrected chi connectivity index (χ2v) is 5.46. The molecular weight excluding hydrogens is 274 g/mol. The zero-order chi connectivity index (χ0) is 14.7. The number of carbonyl (C=O) groups is 2. The van der Waals surface area contributed by atoms with Gasteiger partial charge in [-0.2, -0.15) is 0 Å². The van der Waals surface area contributed by atoms with Crippen molar-refractivity contribution in [3.05, 3.63) is 45.6 Å². The summed E-state index contributed by atoms with van der Waals surface area (Å²) in [4.78, 5) is 24.5. The van der Waals surface area contributed by atoms with Gasteiger partial charge in [-0.15, -0.1) is 11.3 Å². The van der Waals surface area contributed by atoms with Crippen LogP contribution in [0.25, 0.3) is 0 Å². The van der Waals surface area contributed by atoms with E-state index in [2.05, 4.69) is 5.32 Å². The van der Waals surface area contributed by atoms with Gasteiger partial charge in [0.05, 0.1) is 22.6 Å². The minimum Gasteiger partial charge on any atom is -0.495 e. The zero-order valence-corrected chi connectivity index (χ0v) is 12.3. The number of rotatable bonds is 4. The van der Waals surface area contributed by atoms with Crippen molar-refractivity contribution in [2.75, 3.05) is 12.4 Å². The van der Waals surface area contributed by atoms with Crippen molar-refractivity contribution in [1.82, 2.24) is 0 Å². The molecule has 0 saturated heterocycles. The molecule has 0 aliphatic carbocycles. The van der Waals surface area contributed by atoms with Crippen molar-refractivity contribution >= 4 is 28.7 Å². The second kappa shape index (κ2) is 5.88. The molecule has 104 valence electrons. The van der Waals surface area contributed by atoms with E-state index in [1.165, 1.54) is 18.3 Å². The third-order valence-electron chi connectivity index (χ3n) is 2.78. The summed E-state index contributed by atoms with van der Waals surface area (Å²) in [7, 11) is 1.55. The van der Waals surface area contributed by atoms with Crippen molar-refractivity contribution in [3.8, 4) is 5.75 Å². The molecule has 0 fully saturated rings. The Balaban J connectivity index is 2.22. The summed E-state index contributed by atoms with van der Waals surface area (Å²) in [5.74, 6) is 0.320. The van der Waals surface area contributed by atoms with Crippen LogP contribution in [0.4, 0.5) is 5.69 Å². The van der Waals surface area contributed by atoms with Gasteiger partial charge in [0.1, 0.15) is 5.75 Å². The molecule has 0 spiro atoms. The molecule has 0 saturated carbocycles. The molecule has 0 unspecified atom stereocenters. The van der Waals surface area contributed by atoms with Gasteiger partial charge in [-0.3, -0.25) is 9.59 Å². The average molecular weight is 289 g/mol. The van der Waals surface area contributed by atoms with Crippen LogP contribution in [-0.4, -0.2) is 18.8 Å². The second-order valence-electron chi connectivity index (χ2n) is 4.38. The number of nitrogens with one attached hydrogen (secondary N) is 1. The molecule has 1 heterocycles. The number of carbonyl (C=O) groups excluding carboxylic acids is 2. The lowest BCUT2D eigenvalue weighted by Crippen LogP contribution is -2.11. The summed E-state index contributed by atoms with van der Waals surface area (Å²) in [5.41, 5.74) is 1.65. The molecule has 1 N–H and O–H groups in total. The molecule has 0 atom stereocenters. The molecule has 1 aromatic carbocycles. The van der Waals surface area contributed by atoms with Gasteiger partial charge in [0.15, 0.2) is 5.78 Å². The fourth-order valence-corrected chi connectivity index (χ4v) is 2.55. The lowest BCUT2D eigenvalue weighted by atomic mass is 10.2. The fraction of sp³-hybridized carbons (Fsp3) is 0.200. The van der Waals surface area contributed by atoms with Crippen LogP contribution in [0, 0.1) is 6.92 Å². The normalized spacial score (nSPS) is 10.2. The molecule has 0 bridgehead atoms. The molecule has 1 aromatic heterocycles. The van der Waals surface area contributed by atoms with Crippen molar-refractivity contribution in [2.24, 2.45) is 0 Å². The van der Waals surface area contributed by atoms with Crippen molar-refractivity contribution in [2.45, 2.75) is 13.8 Å². The summed E-state index contributed by atoms with van der Waals surface area (Å²) in [6, 6.07) is 8.87. The maximum atomic E-state index is 12.2. The van der Waals surface area contributed by atoms with Crippen molar-refractivity contribution in [3.63, 3.8) is 0 Å². The Labute approximate surface area is 121 Å². The summed E-state index contributed by atoms with van der Waals surface area (Å²) < 4.78 is 5.22. The average Bonchev–Trinajstić information content (AvgIpc) is 2.89. The van der Waals surface area contributed by atoms with Gasteiger partial charge in [-0.05, 0) is 43.7 Å². The molecule has 5 heteroatoms. The predicted molar refractivity (Wildman–Crippen MR) is 80.0 cm³/mol. The largest absolute Gasteiger partial charge is 0.495 e. The van der Waals surface area contributed by atoms with E-state index in [0.717, 1.165) is 5.56 Å². The monoisotopic (exact) mass is 289 g/mol. The highest BCUT2D eigenvalue weighted by atomic mass is 32.1. The molecule has 1 amide bonds. The van der Waals surface area contributed by atoms with Gasteiger partial charge in [0.25, 0.3) is 5.91 Å². The van der Waals surface area contributed by atoms with Crippen LogP contribution in [0.1, 0.15) is 31.8 Å². The maximum absolute atomic E-state index is 12.2. The van der Waals surface area contributed by atoms with E-state index in [4.69, 9.17) is 4.74 Å². The Kier molecular flexibility index (Phi) is 4.20. The number of aryl methyl sites for hydroxylation is 1. The Hall–Kier alpha value is -2.14. The highest BCUT2D eigenvalue weighted by molar-refractivity contribution is 7.16. The van der Waals surface area contributed by atoms with E-state index >= 15 is 0 Å². The minimum atomic E-state index is -0.244. The minimum absolute atomic E-state index is 0.0396. The maximum Gasteiger partial charge on any atom is 0.265 e. The van der Waals surface area contributed by atoms with Gasteiger partial charge < -0.3 is 10.1 Å². The van der Waals surface area contributed by atoms with E-state index in [1.54, 1.807) is 25.3 Å². The Morgan fingerprint density at radius 3 is 2.45 bits per heavy atom. The zero-order valence-electron chi connectivity index (χ0n) is 11.5. The molecule has 4 nitrogen and oxygen atoms in total. The lowest BCUT2D eigenvalue weighted by molar-refractivity contribution is 0.101. The van der Waals surface area contributed by atoms with Crippen LogP contribution in [0.15, 0.2) is 30.3 Å². The number of ketones is 1. The standard InChI is InChI=1S/C15H15NO3S/c1-9-4-5-12(19-3)11(8-9)16-15(18)14-7-6-13(20-14)10(2)17/h4-8H,1-3H3,(H,16,18). The smallest absolute Gasteiger partial charge is 0.265 e. The van der Waals surface area contributed by atoms with Crippen LogP contribution >= 0.6 is 11.3 Å². The van der Waals surface area contributed by atoms with Gasteiger partial charge >= 0.3 is 0 Å². The van der Waals surface area contributed by atoms with E-state index in [0.29, 0.717) is 21.2 Å². The number of amides is 1. The topological polar surface area (TPSA) is 55.4 Å². The number of methoxy groups -OCH3 is 1. The summed E-state index contributed by atoms with van der Waals surface area (Å²) in [6.07, 6.45) is 0. The highest BCUT2D eigenvalue weighted by Crippen LogP contribution is 2.26. The van der Waals surface area contributed by atoms with Crippen LogP contribution in [0.2, 0.25) is 0 Å². The molecule has 0 radical (unpaired) electrons. The first kappa shape index (κ1) is 14.3. The third kappa shape index (κ3) is 3.05. The van der Waals surface area contributed by atoms with Crippen molar-refractivity contribution < 1.29 is 14.3 Å². The van der Waals surface area contributed by atoms with E-state index < -0.39 is 0 Å². The molecule has 2 rings (SSSR count). The molecule has 0 aliphatic heterocycles. The number of hydrogen-bond acceptors (Lipinski definition) is 4. The predicted octanol–water partition coefficient (Wildman–Crippen LogP) is 3.52. The number of hydrogen-bond donors (Lipinski definition) is 1. The Morgan fingerprint density at radius 1 is 1.15 bits per heavy atom. The van der Waals surface area contributed by atoms with Crippen LogP contribution in [-0.2, 0) is 0 Å². The Morgan fingerprint density at radius 2 is 1.85 bits per heavy atom. The van der Waals surface area contributed by atoms with Crippen LogP contribution in [0.5, 0.6) is 5.75 Å². The molecule has 0 aliphatic rings. The fourth-order valence-electron chi connectivity index (χ4n) is 1.75. The number of thiophene rings is 1. The number of ether oxygens (including phenoxy) is 1. The van der Waals surface area contributed by atoms with Gasteiger partial charge in [-0.1, -0.05) is 6.07 Å². The van der Waals surface area contributed by atoms with E-state index in [1.807, 2.05) is 19.1 Å². The van der Waals surface area contributed by atoms with Crippen LogP contribution in [0.3, 0.4) is 0 Å². The number of benzene rings is 1. The first-order valence-corrected chi connectivity index (χ1v) is 6.89. The number of anilines is 1. The van der Waals surface area contributed by atoms with E-state index in [-0.39, 0.29) is 11.7 Å². The molecule has 2 aromatic rings. The van der Waals surface area contributed by atoms with E-state index in [9.17, 15) is 9.59 Å². The first-order valence-electron chi connectivity index (χ1n) is 6.08. The quantitative estimate of drug-likeness (QED) is 0.876. The van der Waals surface area contributed by atoms with Gasteiger partial charge in [0, 0.05) is 0 Å². The van der Waals surface area contributed by atoms with Crippen LogP contribution < -0.4 is 10.1 Å².